The number of H-pyrrole nitrogens is 1. The molecule has 2 aromatic carbocycles. The highest BCUT2D eigenvalue weighted by Crippen LogP contribution is 2.32. The van der Waals surface area contributed by atoms with Gasteiger partial charge in [0.2, 0.25) is 0 Å². The molecule has 1 heterocycles. The standard InChI is InChI=1S/C23H25ClN2O3/c1-13(2)26(14(3)4)12-15-5-7-16(8-6-15)20-21(27)18-10-9-17(24)11-19(18)25-23(29)22(20)28/h5-11,13-14,27H,12H2,1-4H3,(H,25,28,29). The van der Waals surface area contributed by atoms with E-state index in [-0.39, 0.29) is 11.3 Å². The van der Waals surface area contributed by atoms with Gasteiger partial charge in [-0.2, -0.15) is 0 Å². The maximum absolute atomic E-state index is 12.7. The SMILES string of the molecule is CC(C)N(Cc1ccc(-c2c(O)c3ccc(Cl)cc3[nH]c(=O)c2=O)cc1)C(C)C. The molecule has 0 radical (unpaired) electrons. The van der Waals surface area contributed by atoms with E-state index in [9.17, 15) is 14.7 Å². The van der Waals surface area contributed by atoms with Crippen molar-refractivity contribution in [3.8, 4) is 16.9 Å². The van der Waals surface area contributed by atoms with Crippen LogP contribution in [0.2, 0.25) is 5.02 Å². The first-order valence-electron chi connectivity index (χ1n) is 9.63. The van der Waals surface area contributed by atoms with Crippen LogP contribution < -0.4 is 11.0 Å². The Balaban J connectivity index is 2.11. The first-order valence-corrected chi connectivity index (χ1v) is 10.0. The monoisotopic (exact) mass is 412 g/mol. The summed E-state index contributed by atoms with van der Waals surface area (Å²) in [5.41, 5.74) is 0.295. The predicted molar refractivity (Wildman–Crippen MR) is 119 cm³/mol. The van der Waals surface area contributed by atoms with Crippen LogP contribution in [0, 0.1) is 0 Å². The maximum Gasteiger partial charge on any atom is 0.296 e. The number of benzene rings is 2. The Morgan fingerprint density at radius 2 is 1.62 bits per heavy atom. The molecule has 2 N–H and O–H groups in total. The zero-order valence-electron chi connectivity index (χ0n) is 17.0. The van der Waals surface area contributed by atoms with Crippen molar-refractivity contribution < 1.29 is 5.11 Å². The molecule has 0 aliphatic heterocycles. The van der Waals surface area contributed by atoms with Crippen molar-refractivity contribution in [2.24, 2.45) is 0 Å². The van der Waals surface area contributed by atoms with E-state index in [4.69, 9.17) is 11.6 Å². The fraction of sp³-hybridized carbons (Fsp3) is 0.304. The molecule has 0 bridgehead atoms. The van der Waals surface area contributed by atoms with Crippen LogP contribution in [0.15, 0.2) is 52.1 Å². The largest absolute Gasteiger partial charge is 0.506 e. The number of fused-ring (bicyclic) bond motifs is 1. The summed E-state index contributed by atoms with van der Waals surface area (Å²) in [6.07, 6.45) is 0. The van der Waals surface area contributed by atoms with Crippen LogP contribution in [0.5, 0.6) is 5.75 Å². The van der Waals surface area contributed by atoms with Crippen LogP contribution >= 0.6 is 11.6 Å². The van der Waals surface area contributed by atoms with E-state index in [2.05, 4.69) is 37.6 Å². The minimum absolute atomic E-state index is 0.0142. The van der Waals surface area contributed by atoms with E-state index >= 15 is 0 Å². The molecule has 0 fully saturated rings. The van der Waals surface area contributed by atoms with Gasteiger partial charge in [-0.15, -0.1) is 0 Å². The van der Waals surface area contributed by atoms with Gasteiger partial charge < -0.3 is 10.1 Å². The summed E-state index contributed by atoms with van der Waals surface area (Å²) in [5.74, 6) is -0.237. The van der Waals surface area contributed by atoms with Gasteiger partial charge in [-0.25, -0.2) is 0 Å². The molecule has 1 aromatic heterocycles. The summed E-state index contributed by atoms with van der Waals surface area (Å²) in [7, 11) is 0. The van der Waals surface area contributed by atoms with E-state index in [1.54, 1.807) is 24.3 Å². The van der Waals surface area contributed by atoms with Crippen molar-refractivity contribution in [3.05, 3.63) is 73.6 Å². The summed E-state index contributed by atoms with van der Waals surface area (Å²) in [5, 5.41) is 11.6. The molecule has 0 spiro atoms. The molecule has 0 aliphatic rings. The van der Waals surface area contributed by atoms with E-state index in [1.807, 2.05) is 12.1 Å². The summed E-state index contributed by atoms with van der Waals surface area (Å²) in [6.45, 7) is 9.40. The number of halogens is 1. The lowest BCUT2D eigenvalue weighted by molar-refractivity contribution is 0.166. The number of rotatable bonds is 5. The zero-order chi connectivity index (χ0) is 21.3. The summed E-state index contributed by atoms with van der Waals surface area (Å²) in [4.78, 5) is 29.9. The van der Waals surface area contributed by atoms with Crippen LogP contribution in [-0.4, -0.2) is 27.1 Å². The van der Waals surface area contributed by atoms with Crippen molar-refractivity contribution in [2.75, 3.05) is 0 Å². The number of aromatic amines is 1. The highest BCUT2D eigenvalue weighted by atomic mass is 35.5. The minimum atomic E-state index is -0.803. The summed E-state index contributed by atoms with van der Waals surface area (Å²) in [6, 6.07) is 12.9. The number of nitrogens with one attached hydrogen (secondary N) is 1. The third-order valence-corrected chi connectivity index (χ3v) is 5.32. The van der Waals surface area contributed by atoms with Crippen molar-refractivity contribution in [1.82, 2.24) is 9.88 Å². The Labute approximate surface area is 174 Å². The second-order valence-corrected chi connectivity index (χ2v) is 8.19. The molecule has 0 saturated carbocycles. The number of hydrogen-bond donors (Lipinski definition) is 2. The van der Waals surface area contributed by atoms with Gasteiger partial charge in [-0.05, 0) is 57.0 Å². The summed E-state index contributed by atoms with van der Waals surface area (Å²) >= 11 is 5.98. The van der Waals surface area contributed by atoms with Crippen molar-refractivity contribution >= 4 is 22.5 Å². The molecule has 3 aromatic rings. The quantitative estimate of drug-likeness (QED) is 0.603. The molecule has 29 heavy (non-hydrogen) atoms. The fourth-order valence-electron chi connectivity index (χ4n) is 3.58. The lowest BCUT2D eigenvalue weighted by Crippen LogP contribution is -2.36. The minimum Gasteiger partial charge on any atom is -0.506 e. The third-order valence-electron chi connectivity index (χ3n) is 5.09. The molecule has 0 unspecified atom stereocenters. The predicted octanol–water partition coefficient (Wildman–Crippen LogP) is 4.53. The van der Waals surface area contributed by atoms with Crippen LogP contribution in [0.1, 0.15) is 33.3 Å². The molecule has 0 atom stereocenters. The Kier molecular flexibility index (Phi) is 6.10. The Morgan fingerprint density at radius 3 is 2.21 bits per heavy atom. The second kappa shape index (κ2) is 8.39. The van der Waals surface area contributed by atoms with Gasteiger partial charge >= 0.3 is 0 Å². The van der Waals surface area contributed by atoms with Crippen molar-refractivity contribution in [1.29, 1.82) is 0 Å². The molecule has 0 amide bonds. The van der Waals surface area contributed by atoms with Gasteiger partial charge in [0.1, 0.15) is 5.75 Å². The van der Waals surface area contributed by atoms with Crippen molar-refractivity contribution in [3.63, 3.8) is 0 Å². The number of aromatic hydroxyl groups is 1. The average Bonchev–Trinajstić information content (AvgIpc) is 2.74. The van der Waals surface area contributed by atoms with Crippen LogP contribution in [-0.2, 0) is 6.54 Å². The second-order valence-electron chi connectivity index (χ2n) is 7.75. The van der Waals surface area contributed by atoms with E-state index in [1.165, 1.54) is 6.07 Å². The number of hydrogen-bond acceptors (Lipinski definition) is 4. The third kappa shape index (κ3) is 4.36. The molecule has 0 aliphatic carbocycles. The molecular weight excluding hydrogens is 388 g/mol. The number of nitrogens with zero attached hydrogens (tertiary/aromatic N) is 1. The number of aromatic nitrogens is 1. The van der Waals surface area contributed by atoms with Crippen molar-refractivity contribution in [2.45, 2.75) is 46.3 Å². The maximum atomic E-state index is 12.7. The first kappa shape index (κ1) is 21.1. The Hall–Kier alpha value is -2.63. The van der Waals surface area contributed by atoms with E-state index in [0.717, 1.165) is 12.1 Å². The molecule has 6 heteroatoms. The molecule has 0 saturated heterocycles. The van der Waals surface area contributed by atoms with Crippen LogP contribution in [0.25, 0.3) is 22.0 Å². The summed E-state index contributed by atoms with van der Waals surface area (Å²) < 4.78 is 0. The average molecular weight is 413 g/mol. The topological polar surface area (TPSA) is 73.4 Å². The van der Waals surface area contributed by atoms with Crippen LogP contribution in [0.4, 0.5) is 0 Å². The smallest absolute Gasteiger partial charge is 0.296 e. The Morgan fingerprint density at radius 1 is 1.00 bits per heavy atom. The Bertz CT molecular complexity index is 1140. The lowest BCUT2D eigenvalue weighted by atomic mass is 10.0. The van der Waals surface area contributed by atoms with E-state index < -0.39 is 11.0 Å². The normalized spacial score (nSPS) is 11.7. The zero-order valence-corrected chi connectivity index (χ0v) is 17.7. The highest BCUT2D eigenvalue weighted by Gasteiger charge is 2.16. The van der Waals surface area contributed by atoms with E-state index in [0.29, 0.717) is 33.6 Å². The van der Waals surface area contributed by atoms with Crippen LogP contribution in [0.3, 0.4) is 0 Å². The fourth-order valence-corrected chi connectivity index (χ4v) is 3.75. The molecule has 152 valence electrons. The van der Waals surface area contributed by atoms with Gasteiger partial charge in [0, 0.05) is 29.0 Å². The van der Waals surface area contributed by atoms with Gasteiger partial charge in [-0.1, -0.05) is 35.9 Å². The first-order chi connectivity index (χ1) is 13.7. The van der Waals surface area contributed by atoms with Gasteiger partial charge in [0.05, 0.1) is 11.1 Å². The van der Waals surface area contributed by atoms with Gasteiger partial charge in [-0.3, -0.25) is 14.5 Å². The molecule has 3 rings (SSSR count). The highest BCUT2D eigenvalue weighted by molar-refractivity contribution is 6.31. The molecular formula is C23H25ClN2O3. The van der Waals surface area contributed by atoms with Gasteiger partial charge in [0.15, 0.2) is 0 Å². The van der Waals surface area contributed by atoms with Gasteiger partial charge in [0.25, 0.3) is 11.0 Å². The lowest BCUT2D eigenvalue weighted by Gasteiger charge is -2.30. The molecule has 5 nitrogen and oxygen atoms in total.